The van der Waals surface area contributed by atoms with Crippen LogP contribution in [0.25, 0.3) is 0 Å². The molecule has 0 amide bonds. The Morgan fingerprint density at radius 2 is 1.63 bits per heavy atom. The molecule has 0 atom stereocenters. The number of unbranched alkanes of at least 4 members (excludes halogenated alkanes) is 6. The quantitative estimate of drug-likeness (QED) is 0.597. The average molecular weight is 264 g/mol. The van der Waals surface area contributed by atoms with Crippen molar-refractivity contribution in [2.75, 3.05) is 6.61 Å². The van der Waals surface area contributed by atoms with E-state index >= 15 is 0 Å². The van der Waals surface area contributed by atoms with Crippen molar-refractivity contribution >= 4 is 0 Å². The number of hydrogen-bond acceptors (Lipinski definition) is 2. The molecule has 1 aromatic rings. The Balaban J connectivity index is 2.29. The van der Waals surface area contributed by atoms with Gasteiger partial charge in [0.25, 0.3) is 0 Å². The van der Waals surface area contributed by atoms with Crippen LogP contribution in [0.3, 0.4) is 0 Å². The van der Waals surface area contributed by atoms with Crippen LogP contribution in [-0.2, 0) is 6.42 Å². The minimum absolute atomic E-state index is 0.335. The zero-order chi connectivity index (χ0) is 13.9. The molecule has 1 aromatic carbocycles. The highest BCUT2D eigenvalue weighted by Gasteiger charge is 2.04. The Bertz CT molecular complexity index is 347. The van der Waals surface area contributed by atoms with E-state index in [4.69, 9.17) is 4.74 Å². The molecule has 0 radical (unpaired) electrons. The number of phenols is 1. The van der Waals surface area contributed by atoms with Gasteiger partial charge in [-0.2, -0.15) is 0 Å². The van der Waals surface area contributed by atoms with Gasteiger partial charge in [-0.3, -0.25) is 0 Å². The van der Waals surface area contributed by atoms with E-state index in [0.29, 0.717) is 12.4 Å². The summed E-state index contributed by atoms with van der Waals surface area (Å²) in [6, 6.07) is 5.40. The molecule has 2 nitrogen and oxygen atoms in total. The molecule has 1 rings (SSSR count). The van der Waals surface area contributed by atoms with E-state index in [1.807, 2.05) is 19.1 Å². The second-order valence-corrected chi connectivity index (χ2v) is 5.10. The van der Waals surface area contributed by atoms with Crippen molar-refractivity contribution in [2.45, 2.75) is 65.2 Å². The van der Waals surface area contributed by atoms with Gasteiger partial charge in [-0.25, -0.2) is 0 Å². The van der Waals surface area contributed by atoms with Gasteiger partial charge in [-0.05, 0) is 43.5 Å². The van der Waals surface area contributed by atoms with Crippen LogP contribution in [-0.4, -0.2) is 11.7 Å². The van der Waals surface area contributed by atoms with E-state index in [-0.39, 0.29) is 0 Å². The molecule has 0 saturated heterocycles. The third-order valence-corrected chi connectivity index (χ3v) is 3.39. The van der Waals surface area contributed by atoms with Crippen molar-refractivity contribution in [3.8, 4) is 11.5 Å². The normalized spacial score (nSPS) is 10.6. The Morgan fingerprint density at radius 3 is 2.32 bits per heavy atom. The molecule has 0 unspecified atom stereocenters. The molecule has 1 N–H and O–H groups in total. The average Bonchev–Trinajstić information content (AvgIpc) is 2.41. The maximum atomic E-state index is 9.55. The number of hydrogen-bond donors (Lipinski definition) is 1. The van der Waals surface area contributed by atoms with E-state index in [1.54, 1.807) is 6.07 Å². The number of rotatable bonds is 10. The molecule has 0 heterocycles. The van der Waals surface area contributed by atoms with Gasteiger partial charge < -0.3 is 9.84 Å². The van der Waals surface area contributed by atoms with Gasteiger partial charge in [0.2, 0.25) is 0 Å². The third-order valence-electron chi connectivity index (χ3n) is 3.39. The number of aromatic hydroxyl groups is 1. The van der Waals surface area contributed by atoms with E-state index in [9.17, 15) is 5.11 Å². The van der Waals surface area contributed by atoms with E-state index < -0.39 is 0 Å². The minimum Gasteiger partial charge on any atom is -0.508 e. The monoisotopic (exact) mass is 264 g/mol. The summed E-state index contributed by atoms with van der Waals surface area (Å²) in [7, 11) is 0. The molecule has 2 heteroatoms. The number of benzene rings is 1. The lowest BCUT2D eigenvalue weighted by Gasteiger charge is -2.10. The highest BCUT2D eigenvalue weighted by molar-refractivity contribution is 5.39. The molecular formula is C17H28O2. The summed E-state index contributed by atoms with van der Waals surface area (Å²) in [5, 5.41) is 9.55. The standard InChI is InChI=1S/C17H28O2/c1-3-5-6-7-8-9-10-11-15-14-16(18)12-13-17(15)19-4-2/h12-14,18H,3-11H2,1-2H3. The van der Waals surface area contributed by atoms with Gasteiger partial charge >= 0.3 is 0 Å². The molecule has 0 aliphatic heterocycles. The minimum atomic E-state index is 0.335. The largest absolute Gasteiger partial charge is 0.508 e. The molecule has 0 spiro atoms. The molecule has 19 heavy (non-hydrogen) atoms. The summed E-state index contributed by atoms with van der Waals surface area (Å²) < 4.78 is 5.59. The fourth-order valence-electron chi connectivity index (χ4n) is 2.33. The van der Waals surface area contributed by atoms with Crippen LogP contribution < -0.4 is 4.74 Å². The second kappa shape index (κ2) is 9.71. The van der Waals surface area contributed by atoms with Crippen molar-refractivity contribution in [1.82, 2.24) is 0 Å². The van der Waals surface area contributed by atoms with Gasteiger partial charge in [0.05, 0.1) is 6.61 Å². The molecule has 0 aliphatic carbocycles. The Morgan fingerprint density at radius 1 is 0.947 bits per heavy atom. The van der Waals surface area contributed by atoms with Crippen LogP contribution in [0, 0.1) is 0 Å². The lowest BCUT2D eigenvalue weighted by molar-refractivity contribution is 0.335. The topological polar surface area (TPSA) is 29.5 Å². The summed E-state index contributed by atoms with van der Waals surface area (Å²) in [6.07, 6.45) is 10.2. The summed E-state index contributed by atoms with van der Waals surface area (Å²) in [5.41, 5.74) is 1.13. The fraction of sp³-hybridized carbons (Fsp3) is 0.647. The van der Waals surface area contributed by atoms with Crippen LogP contribution >= 0.6 is 0 Å². The number of aryl methyl sites for hydroxylation is 1. The summed E-state index contributed by atoms with van der Waals surface area (Å²) in [6.45, 7) is 4.91. The second-order valence-electron chi connectivity index (χ2n) is 5.10. The molecule has 0 aliphatic rings. The van der Waals surface area contributed by atoms with Crippen molar-refractivity contribution in [3.05, 3.63) is 23.8 Å². The first-order chi connectivity index (χ1) is 9.27. The Kier molecular flexibility index (Phi) is 8.11. The van der Waals surface area contributed by atoms with Gasteiger partial charge in [0, 0.05) is 0 Å². The first kappa shape index (κ1) is 15.9. The number of ether oxygens (including phenoxy) is 1. The smallest absolute Gasteiger partial charge is 0.122 e. The molecular weight excluding hydrogens is 236 g/mol. The van der Waals surface area contributed by atoms with Crippen LogP contribution in [0.1, 0.15) is 64.4 Å². The zero-order valence-electron chi connectivity index (χ0n) is 12.5. The Labute approximate surface area is 117 Å². The molecule has 0 fully saturated rings. The first-order valence-electron chi connectivity index (χ1n) is 7.72. The maximum Gasteiger partial charge on any atom is 0.122 e. The summed E-state index contributed by atoms with van der Waals surface area (Å²) in [5.74, 6) is 1.26. The molecule has 108 valence electrons. The predicted octanol–water partition coefficient (Wildman–Crippen LogP) is 5.08. The van der Waals surface area contributed by atoms with E-state index in [1.165, 1.54) is 44.9 Å². The van der Waals surface area contributed by atoms with Crippen LogP contribution in [0.4, 0.5) is 0 Å². The third kappa shape index (κ3) is 6.51. The van der Waals surface area contributed by atoms with Gasteiger partial charge in [0.15, 0.2) is 0 Å². The molecule has 0 aromatic heterocycles. The van der Waals surface area contributed by atoms with Crippen molar-refractivity contribution in [3.63, 3.8) is 0 Å². The molecule has 0 bridgehead atoms. The van der Waals surface area contributed by atoms with Crippen LogP contribution in [0.2, 0.25) is 0 Å². The van der Waals surface area contributed by atoms with E-state index in [0.717, 1.165) is 17.7 Å². The lowest BCUT2D eigenvalue weighted by Crippen LogP contribution is -1.97. The molecule has 0 saturated carbocycles. The Hall–Kier alpha value is -1.18. The summed E-state index contributed by atoms with van der Waals surface area (Å²) >= 11 is 0. The highest BCUT2D eigenvalue weighted by Crippen LogP contribution is 2.25. The van der Waals surface area contributed by atoms with Crippen molar-refractivity contribution in [1.29, 1.82) is 0 Å². The highest BCUT2D eigenvalue weighted by atomic mass is 16.5. The number of phenolic OH excluding ortho intramolecular Hbond substituents is 1. The van der Waals surface area contributed by atoms with Crippen molar-refractivity contribution in [2.24, 2.45) is 0 Å². The summed E-state index contributed by atoms with van der Waals surface area (Å²) in [4.78, 5) is 0. The van der Waals surface area contributed by atoms with Crippen molar-refractivity contribution < 1.29 is 9.84 Å². The zero-order valence-corrected chi connectivity index (χ0v) is 12.5. The van der Waals surface area contributed by atoms with Gasteiger partial charge in [0.1, 0.15) is 11.5 Å². The van der Waals surface area contributed by atoms with Gasteiger partial charge in [-0.15, -0.1) is 0 Å². The van der Waals surface area contributed by atoms with Crippen LogP contribution in [0.5, 0.6) is 11.5 Å². The maximum absolute atomic E-state index is 9.55. The fourth-order valence-corrected chi connectivity index (χ4v) is 2.33. The van der Waals surface area contributed by atoms with Gasteiger partial charge in [-0.1, -0.05) is 45.4 Å². The SMILES string of the molecule is CCCCCCCCCc1cc(O)ccc1OCC. The lowest BCUT2D eigenvalue weighted by atomic mass is 10.0. The first-order valence-corrected chi connectivity index (χ1v) is 7.72. The van der Waals surface area contributed by atoms with E-state index in [2.05, 4.69) is 6.92 Å². The predicted molar refractivity (Wildman–Crippen MR) is 81.0 cm³/mol. The van der Waals surface area contributed by atoms with Crippen LogP contribution in [0.15, 0.2) is 18.2 Å².